The Morgan fingerprint density at radius 2 is 2.00 bits per heavy atom. The molecule has 1 heterocycles. The molecule has 1 amide bonds. The first-order valence-corrected chi connectivity index (χ1v) is 6.70. The molecule has 2 N–H and O–H groups in total. The number of aromatic amines is 1. The van der Waals surface area contributed by atoms with Crippen LogP contribution in [0.3, 0.4) is 0 Å². The topological polar surface area (TPSA) is 78.1 Å². The zero-order valence-electron chi connectivity index (χ0n) is 12.0. The van der Waals surface area contributed by atoms with Crippen molar-refractivity contribution >= 4 is 11.6 Å². The van der Waals surface area contributed by atoms with Crippen LogP contribution in [-0.2, 0) is 0 Å². The van der Waals surface area contributed by atoms with Crippen molar-refractivity contribution in [2.75, 3.05) is 18.5 Å². The molecule has 0 aliphatic heterocycles. The molecule has 110 valence electrons. The van der Waals surface area contributed by atoms with Gasteiger partial charge in [-0.3, -0.25) is 9.59 Å². The van der Waals surface area contributed by atoms with Crippen molar-refractivity contribution in [3.63, 3.8) is 0 Å². The largest absolute Gasteiger partial charge is 0.370 e. The molecule has 6 nitrogen and oxygen atoms in total. The van der Waals surface area contributed by atoms with Crippen molar-refractivity contribution in [2.24, 2.45) is 0 Å². The van der Waals surface area contributed by atoms with Crippen LogP contribution < -0.4 is 15.8 Å². The summed E-state index contributed by atoms with van der Waals surface area (Å²) in [5, 5.41) is 8.74. The number of carbonyl (C=O) groups excluding carboxylic acids is 1. The van der Waals surface area contributed by atoms with Crippen LogP contribution in [0.15, 0.2) is 47.3 Å². The van der Waals surface area contributed by atoms with Gasteiger partial charge in [-0.25, -0.2) is 5.10 Å². The molecule has 1 aromatic heterocycles. The third-order valence-electron chi connectivity index (χ3n) is 3.29. The van der Waals surface area contributed by atoms with Gasteiger partial charge in [-0.05, 0) is 25.1 Å². The minimum Gasteiger partial charge on any atom is -0.370 e. The van der Waals surface area contributed by atoms with E-state index in [4.69, 9.17) is 0 Å². The van der Waals surface area contributed by atoms with Gasteiger partial charge in [0.15, 0.2) is 0 Å². The van der Waals surface area contributed by atoms with Crippen LogP contribution >= 0.6 is 0 Å². The molecule has 0 unspecified atom stereocenters. The number of H-pyrrole nitrogens is 1. The number of anilines is 1. The lowest BCUT2D eigenvalue weighted by Gasteiger charge is -2.27. The second-order valence-corrected chi connectivity index (χ2v) is 4.81. The molecule has 0 spiro atoms. The normalized spacial score (nSPS) is 11.7. The zero-order chi connectivity index (χ0) is 15.2. The van der Waals surface area contributed by atoms with Crippen LogP contribution in [0.25, 0.3) is 0 Å². The Labute approximate surface area is 122 Å². The number of hydrogen-bond donors (Lipinski definition) is 2. The van der Waals surface area contributed by atoms with E-state index in [1.807, 2.05) is 44.3 Å². The number of hydrogen-bond acceptors (Lipinski definition) is 4. The number of likely N-dealkylation sites (N-methyl/N-ethyl adjacent to an activating group) is 1. The molecule has 2 aromatic rings. The highest BCUT2D eigenvalue weighted by Crippen LogP contribution is 2.13. The van der Waals surface area contributed by atoms with Crippen LogP contribution in [-0.4, -0.2) is 35.7 Å². The first-order chi connectivity index (χ1) is 10.1. The molecule has 0 radical (unpaired) electrons. The summed E-state index contributed by atoms with van der Waals surface area (Å²) in [6.07, 6.45) is 0. The summed E-state index contributed by atoms with van der Waals surface area (Å²) >= 11 is 0. The predicted molar refractivity (Wildman–Crippen MR) is 81.5 cm³/mol. The van der Waals surface area contributed by atoms with E-state index in [2.05, 4.69) is 20.4 Å². The maximum absolute atomic E-state index is 11.9. The van der Waals surface area contributed by atoms with Gasteiger partial charge in [0.25, 0.3) is 11.5 Å². The van der Waals surface area contributed by atoms with Crippen LogP contribution in [0.4, 0.5) is 5.69 Å². The molecular weight excluding hydrogens is 268 g/mol. The highest BCUT2D eigenvalue weighted by atomic mass is 16.2. The fourth-order valence-electron chi connectivity index (χ4n) is 1.86. The first kappa shape index (κ1) is 14.8. The summed E-state index contributed by atoms with van der Waals surface area (Å²) in [6, 6.07) is 12.7. The van der Waals surface area contributed by atoms with Crippen LogP contribution in [0.5, 0.6) is 0 Å². The van der Waals surface area contributed by atoms with E-state index in [0.717, 1.165) is 5.69 Å². The molecule has 1 aromatic carbocycles. The SMILES string of the molecule is C[C@@H](CNC(=O)c1ccc(=O)[nH]n1)N(C)c1ccccc1. The molecular formula is C15H18N4O2. The summed E-state index contributed by atoms with van der Waals surface area (Å²) in [6.45, 7) is 2.50. The Hall–Kier alpha value is -2.63. The summed E-state index contributed by atoms with van der Waals surface area (Å²) < 4.78 is 0. The van der Waals surface area contributed by atoms with E-state index in [-0.39, 0.29) is 23.2 Å². The number of benzene rings is 1. The molecule has 21 heavy (non-hydrogen) atoms. The number of rotatable bonds is 5. The minimum atomic E-state index is -0.330. The maximum Gasteiger partial charge on any atom is 0.271 e. The molecule has 0 saturated carbocycles. The van der Waals surface area contributed by atoms with E-state index in [0.29, 0.717) is 6.54 Å². The minimum absolute atomic E-state index is 0.124. The summed E-state index contributed by atoms with van der Waals surface area (Å²) in [4.78, 5) is 24.9. The molecule has 2 rings (SSSR count). The average molecular weight is 286 g/mol. The van der Waals surface area contributed by atoms with E-state index in [9.17, 15) is 9.59 Å². The highest BCUT2D eigenvalue weighted by Gasteiger charge is 2.13. The van der Waals surface area contributed by atoms with E-state index in [1.165, 1.54) is 12.1 Å². The second-order valence-electron chi connectivity index (χ2n) is 4.81. The van der Waals surface area contributed by atoms with Crippen molar-refractivity contribution in [3.05, 3.63) is 58.5 Å². The lowest BCUT2D eigenvalue weighted by Crippen LogP contribution is -2.40. The average Bonchev–Trinajstić information content (AvgIpc) is 2.53. The standard InChI is InChI=1S/C15H18N4O2/c1-11(19(2)12-6-4-3-5-7-12)10-16-15(21)13-8-9-14(20)18-17-13/h3-9,11H,10H2,1-2H3,(H,16,21)(H,18,20)/t11-/m0/s1. The molecule has 6 heteroatoms. The third-order valence-corrected chi connectivity index (χ3v) is 3.29. The zero-order valence-corrected chi connectivity index (χ0v) is 12.0. The predicted octanol–water partition coefficient (Wildman–Crippen LogP) is 1.02. The van der Waals surface area contributed by atoms with Gasteiger partial charge in [0.05, 0.1) is 0 Å². The molecule has 0 aliphatic carbocycles. The van der Waals surface area contributed by atoms with E-state index >= 15 is 0 Å². The van der Waals surface area contributed by atoms with E-state index < -0.39 is 0 Å². The van der Waals surface area contributed by atoms with Gasteiger partial charge in [0.2, 0.25) is 0 Å². The number of nitrogens with one attached hydrogen (secondary N) is 2. The molecule has 1 atom stereocenters. The first-order valence-electron chi connectivity index (χ1n) is 6.70. The van der Waals surface area contributed by atoms with Crippen molar-refractivity contribution in [1.29, 1.82) is 0 Å². The Morgan fingerprint density at radius 1 is 1.29 bits per heavy atom. The Morgan fingerprint density at radius 3 is 2.62 bits per heavy atom. The van der Waals surface area contributed by atoms with Gasteiger partial charge in [-0.1, -0.05) is 18.2 Å². The lowest BCUT2D eigenvalue weighted by molar-refractivity contribution is 0.0945. The van der Waals surface area contributed by atoms with Gasteiger partial charge < -0.3 is 10.2 Å². The Balaban J connectivity index is 1.91. The quantitative estimate of drug-likeness (QED) is 0.860. The fraction of sp³-hybridized carbons (Fsp3) is 0.267. The van der Waals surface area contributed by atoms with Gasteiger partial charge in [-0.15, -0.1) is 0 Å². The molecule has 0 saturated heterocycles. The van der Waals surface area contributed by atoms with Crippen molar-refractivity contribution in [1.82, 2.24) is 15.5 Å². The van der Waals surface area contributed by atoms with Crippen LogP contribution in [0, 0.1) is 0 Å². The van der Waals surface area contributed by atoms with Crippen LogP contribution in [0.1, 0.15) is 17.4 Å². The monoisotopic (exact) mass is 286 g/mol. The number of para-hydroxylation sites is 1. The molecule has 0 bridgehead atoms. The number of nitrogens with zero attached hydrogens (tertiary/aromatic N) is 2. The summed E-state index contributed by atoms with van der Waals surface area (Å²) in [7, 11) is 1.98. The van der Waals surface area contributed by atoms with Gasteiger partial charge >= 0.3 is 0 Å². The molecule has 0 aliphatic rings. The maximum atomic E-state index is 11.9. The summed E-state index contributed by atoms with van der Waals surface area (Å²) in [5.74, 6) is -0.306. The van der Waals surface area contributed by atoms with Gasteiger partial charge in [0.1, 0.15) is 5.69 Å². The van der Waals surface area contributed by atoms with Crippen molar-refractivity contribution < 1.29 is 4.79 Å². The van der Waals surface area contributed by atoms with Crippen molar-refractivity contribution in [2.45, 2.75) is 13.0 Å². The molecule has 0 fully saturated rings. The smallest absolute Gasteiger partial charge is 0.271 e. The van der Waals surface area contributed by atoms with Crippen LogP contribution in [0.2, 0.25) is 0 Å². The van der Waals surface area contributed by atoms with E-state index in [1.54, 1.807) is 0 Å². The second kappa shape index (κ2) is 6.69. The van der Waals surface area contributed by atoms with Crippen molar-refractivity contribution in [3.8, 4) is 0 Å². The highest BCUT2D eigenvalue weighted by molar-refractivity contribution is 5.92. The van der Waals surface area contributed by atoms with Gasteiger partial charge in [-0.2, -0.15) is 5.10 Å². The Kier molecular flexibility index (Phi) is 4.71. The third kappa shape index (κ3) is 3.92. The number of aromatic nitrogens is 2. The Bertz CT molecular complexity index is 634. The number of carbonyl (C=O) groups is 1. The van der Waals surface area contributed by atoms with Gasteiger partial charge in [0, 0.05) is 31.4 Å². The summed E-state index contributed by atoms with van der Waals surface area (Å²) in [5.41, 5.74) is 0.953. The lowest BCUT2D eigenvalue weighted by atomic mass is 10.2. The fourth-order valence-corrected chi connectivity index (χ4v) is 1.86. The number of amides is 1.